The van der Waals surface area contributed by atoms with Crippen LogP contribution in [0.2, 0.25) is 0 Å². The second-order valence-electron chi connectivity index (χ2n) is 8.02. The molecule has 1 heterocycles. The number of halogens is 1. The zero-order chi connectivity index (χ0) is 21.6. The van der Waals surface area contributed by atoms with Gasteiger partial charge in [-0.25, -0.2) is 0 Å². The summed E-state index contributed by atoms with van der Waals surface area (Å²) in [6.07, 6.45) is 1.70. The Balaban J connectivity index is 0.00000259. The van der Waals surface area contributed by atoms with Gasteiger partial charge in [-0.3, -0.25) is 0 Å². The van der Waals surface area contributed by atoms with Crippen molar-refractivity contribution < 1.29 is 26.5 Å². The van der Waals surface area contributed by atoms with Crippen molar-refractivity contribution in [3.63, 3.8) is 0 Å². The van der Waals surface area contributed by atoms with Crippen molar-refractivity contribution in [2.75, 3.05) is 13.2 Å². The predicted molar refractivity (Wildman–Crippen MR) is 135 cm³/mol. The Morgan fingerprint density at radius 3 is 1.48 bits per heavy atom. The Bertz CT molecular complexity index is 1030. The summed E-state index contributed by atoms with van der Waals surface area (Å²) >= 11 is 0. The van der Waals surface area contributed by atoms with E-state index in [9.17, 15) is 0 Å². The lowest BCUT2D eigenvalue weighted by Gasteiger charge is -2.29. The summed E-state index contributed by atoms with van der Waals surface area (Å²) in [6, 6.07) is 42.1. The van der Waals surface area contributed by atoms with Crippen LogP contribution in [0.4, 0.5) is 0 Å². The fourth-order valence-corrected chi connectivity index (χ4v) is 9.23. The lowest BCUT2D eigenvalue weighted by molar-refractivity contribution is -0.0461. The van der Waals surface area contributed by atoms with Crippen LogP contribution in [0.1, 0.15) is 12.0 Å². The normalized spacial score (nSPS) is 14.1. The topological polar surface area (TPSA) is 18.5 Å². The lowest BCUT2D eigenvalue weighted by Crippen LogP contribution is -3.00. The van der Waals surface area contributed by atoms with Crippen molar-refractivity contribution in [2.45, 2.75) is 19.1 Å². The van der Waals surface area contributed by atoms with E-state index in [1.165, 1.54) is 26.8 Å². The summed E-state index contributed by atoms with van der Waals surface area (Å²) in [7, 11) is -2.09. The summed E-state index contributed by atoms with van der Waals surface area (Å²) in [5, 5.41) is 5.54. The predicted octanol–water partition coefficient (Wildman–Crippen LogP) is 1.62. The number of rotatable bonds is 7. The van der Waals surface area contributed by atoms with Gasteiger partial charge in [-0.05, 0) is 54.4 Å². The van der Waals surface area contributed by atoms with Gasteiger partial charge in [0.25, 0.3) is 0 Å². The van der Waals surface area contributed by atoms with Gasteiger partial charge < -0.3 is 26.5 Å². The molecule has 0 unspecified atom stereocenters. The van der Waals surface area contributed by atoms with E-state index in [0.717, 1.165) is 12.8 Å². The standard InChI is InChI=1S/C29H28O2P.BrH/c1-4-13-25(14-5-1)32(26-15-6-2-7-16-26,27-17-8-3-9-18-27)28-19-11-10-12-24(28)20-21-29-30-22-23-31-29;/h1-19,29H,20-23H2;1H/q+1;/p-1. The van der Waals surface area contributed by atoms with Gasteiger partial charge in [0.2, 0.25) is 0 Å². The largest absolute Gasteiger partial charge is 1.00 e. The third kappa shape index (κ3) is 4.83. The van der Waals surface area contributed by atoms with Gasteiger partial charge in [-0.15, -0.1) is 0 Å². The fourth-order valence-electron chi connectivity index (χ4n) is 4.72. The van der Waals surface area contributed by atoms with Crippen LogP contribution in [-0.2, 0) is 15.9 Å². The maximum Gasteiger partial charge on any atom is 0.158 e. The van der Waals surface area contributed by atoms with Gasteiger partial charge >= 0.3 is 0 Å². The summed E-state index contributed by atoms with van der Waals surface area (Å²) in [4.78, 5) is 0. The summed E-state index contributed by atoms with van der Waals surface area (Å²) in [5.41, 5.74) is 1.37. The summed E-state index contributed by atoms with van der Waals surface area (Å²) in [6.45, 7) is 1.39. The first-order chi connectivity index (χ1) is 15.9. The van der Waals surface area contributed by atoms with Crippen molar-refractivity contribution in [1.29, 1.82) is 0 Å². The highest BCUT2D eigenvalue weighted by Gasteiger charge is 2.48. The SMILES string of the molecule is [Br-].c1ccc([P+](c2ccccc2)(c2ccccc2)c2ccccc2CCC2OCCO2)cc1. The molecule has 0 atom stereocenters. The molecule has 0 radical (unpaired) electrons. The maximum absolute atomic E-state index is 5.74. The molecule has 1 saturated heterocycles. The van der Waals surface area contributed by atoms with Crippen LogP contribution in [0.3, 0.4) is 0 Å². The van der Waals surface area contributed by atoms with Gasteiger partial charge in [0.1, 0.15) is 28.5 Å². The van der Waals surface area contributed by atoms with E-state index in [1.54, 1.807) is 0 Å². The maximum atomic E-state index is 5.74. The van der Waals surface area contributed by atoms with E-state index < -0.39 is 7.26 Å². The molecule has 168 valence electrons. The summed E-state index contributed by atoms with van der Waals surface area (Å²) in [5.74, 6) is 0. The van der Waals surface area contributed by atoms with Gasteiger partial charge in [0, 0.05) is 6.42 Å². The highest BCUT2D eigenvalue weighted by Crippen LogP contribution is 2.55. The molecule has 1 aliphatic rings. The minimum atomic E-state index is -2.09. The van der Waals surface area contributed by atoms with E-state index in [-0.39, 0.29) is 23.3 Å². The number of aryl methyl sites for hydroxylation is 1. The first-order valence-corrected chi connectivity index (χ1v) is 13.1. The van der Waals surface area contributed by atoms with E-state index in [1.807, 2.05) is 0 Å². The average molecular weight is 519 g/mol. The number of ether oxygens (including phenoxy) is 2. The minimum absolute atomic E-state index is 0. The molecule has 33 heavy (non-hydrogen) atoms. The van der Waals surface area contributed by atoms with E-state index in [2.05, 4.69) is 115 Å². The zero-order valence-electron chi connectivity index (χ0n) is 18.5. The highest BCUT2D eigenvalue weighted by molar-refractivity contribution is 8.01. The quantitative estimate of drug-likeness (QED) is 0.346. The molecule has 0 bridgehead atoms. The van der Waals surface area contributed by atoms with Gasteiger partial charge in [0.15, 0.2) is 6.29 Å². The van der Waals surface area contributed by atoms with Gasteiger partial charge in [-0.1, -0.05) is 72.8 Å². The lowest BCUT2D eigenvalue weighted by atomic mass is 10.1. The van der Waals surface area contributed by atoms with E-state index in [0.29, 0.717) is 13.2 Å². The van der Waals surface area contributed by atoms with Crippen LogP contribution in [-0.4, -0.2) is 19.5 Å². The van der Waals surface area contributed by atoms with Crippen LogP contribution in [0.5, 0.6) is 0 Å². The highest BCUT2D eigenvalue weighted by atomic mass is 79.9. The Morgan fingerprint density at radius 1 is 0.576 bits per heavy atom. The first-order valence-electron chi connectivity index (χ1n) is 11.3. The number of benzene rings is 4. The van der Waals surface area contributed by atoms with Crippen LogP contribution in [0, 0.1) is 0 Å². The Labute approximate surface area is 207 Å². The van der Waals surface area contributed by atoms with Gasteiger partial charge in [-0.2, -0.15) is 0 Å². The van der Waals surface area contributed by atoms with Crippen molar-refractivity contribution in [3.8, 4) is 0 Å². The molecular formula is C29H28BrO2P. The Morgan fingerprint density at radius 2 is 1.00 bits per heavy atom. The molecule has 0 saturated carbocycles. The molecule has 1 aliphatic heterocycles. The Hall–Kier alpha value is -2.29. The third-order valence-corrected chi connectivity index (χ3v) is 10.5. The van der Waals surface area contributed by atoms with Crippen LogP contribution < -0.4 is 38.2 Å². The van der Waals surface area contributed by atoms with Crippen LogP contribution in [0.25, 0.3) is 0 Å². The van der Waals surface area contributed by atoms with Crippen molar-refractivity contribution in [3.05, 3.63) is 121 Å². The van der Waals surface area contributed by atoms with Crippen LogP contribution >= 0.6 is 7.26 Å². The average Bonchev–Trinajstić information content (AvgIpc) is 3.40. The third-order valence-electron chi connectivity index (χ3n) is 6.12. The monoisotopic (exact) mass is 518 g/mol. The molecule has 5 rings (SSSR count). The van der Waals surface area contributed by atoms with Crippen LogP contribution in [0.15, 0.2) is 115 Å². The molecule has 0 amide bonds. The molecular weight excluding hydrogens is 491 g/mol. The number of hydrogen-bond acceptors (Lipinski definition) is 2. The summed E-state index contributed by atoms with van der Waals surface area (Å²) < 4.78 is 11.5. The molecule has 1 fully saturated rings. The molecule has 0 spiro atoms. The number of hydrogen-bond donors (Lipinski definition) is 0. The Kier molecular flexibility index (Phi) is 8.11. The molecule has 2 nitrogen and oxygen atoms in total. The molecule has 0 aliphatic carbocycles. The molecule has 4 aromatic rings. The fraction of sp³-hybridized carbons (Fsp3) is 0.172. The molecule has 4 heteroatoms. The molecule has 4 aromatic carbocycles. The minimum Gasteiger partial charge on any atom is -1.00 e. The van der Waals surface area contributed by atoms with E-state index >= 15 is 0 Å². The van der Waals surface area contributed by atoms with Crippen molar-refractivity contribution in [2.24, 2.45) is 0 Å². The van der Waals surface area contributed by atoms with E-state index in [4.69, 9.17) is 9.47 Å². The van der Waals surface area contributed by atoms with Gasteiger partial charge in [0.05, 0.1) is 13.2 Å². The molecule has 0 N–H and O–H groups in total. The molecule has 0 aromatic heterocycles. The van der Waals surface area contributed by atoms with Crippen molar-refractivity contribution >= 4 is 28.5 Å². The second-order valence-corrected chi connectivity index (χ2v) is 11.4. The second kappa shape index (κ2) is 11.2. The smallest absolute Gasteiger partial charge is 0.158 e. The zero-order valence-corrected chi connectivity index (χ0v) is 21.0. The van der Waals surface area contributed by atoms with Crippen molar-refractivity contribution in [1.82, 2.24) is 0 Å². The first kappa shape index (κ1) is 23.9.